The summed E-state index contributed by atoms with van der Waals surface area (Å²) in [6.07, 6.45) is 4.78. The second-order valence-corrected chi connectivity index (χ2v) is 5.39. The minimum Gasteiger partial charge on any atom is -0.478 e. The molecule has 1 unspecified atom stereocenters. The summed E-state index contributed by atoms with van der Waals surface area (Å²) in [5, 5.41) is 22.5. The Balaban J connectivity index is 2.45. The highest BCUT2D eigenvalue weighted by Gasteiger charge is 2.22. The van der Waals surface area contributed by atoms with Crippen LogP contribution in [0.4, 0.5) is 0 Å². The summed E-state index contributed by atoms with van der Waals surface area (Å²) in [7, 11) is 0. The van der Waals surface area contributed by atoms with E-state index in [4.69, 9.17) is 5.11 Å². The molecule has 4 heteroatoms. The number of aromatic carboxylic acids is 1. The van der Waals surface area contributed by atoms with Crippen molar-refractivity contribution in [3.8, 4) is 0 Å². The summed E-state index contributed by atoms with van der Waals surface area (Å²) in [6.45, 7) is 5.27. The van der Waals surface area contributed by atoms with Gasteiger partial charge in [-0.25, -0.2) is 4.79 Å². The minimum absolute atomic E-state index is 0.233. The van der Waals surface area contributed by atoms with Gasteiger partial charge in [-0.1, -0.05) is 38.3 Å². The Labute approximate surface area is 120 Å². The number of carbonyl (C=O) groups is 1. The Morgan fingerprint density at radius 1 is 1.20 bits per heavy atom. The van der Waals surface area contributed by atoms with Gasteiger partial charge in [0.15, 0.2) is 0 Å². The van der Waals surface area contributed by atoms with Crippen molar-refractivity contribution in [2.75, 3.05) is 13.1 Å². The van der Waals surface area contributed by atoms with Crippen LogP contribution in [0.1, 0.15) is 55.5 Å². The first-order valence-corrected chi connectivity index (χ1v) is 7.24. The average molecular weight is 279 g/mol. The average Bonchev–Trinajstić information content (AvgIpc) is 2.43. The summed E-state index contributed by atoms with van der Waals surface area (Å²) in [6, 6.07) is 6.38. The zero-order chi connectivity index (χ0) is 15.0. The molecule has 0 fully saturated rings. The molecule has 3 N–H and O–H groups in total. The van der Waals surface area contributed by atoms with E-state index >= 15 is 0 Å². The quantitative estimate of drug-likeness (QED) is 0.608. The smallest absolute Gasteiger partial charge is 0.335 e. The van der Waals surface area contributed by atoms with E-state index in [9.17, 15) is 9.90 Å². The molecular weight excluding hydrogens is 254 g/mol. The normalized spacial score (nSPS) is 13.9. The van der Waals surface area contributed by atoms with Crippen molar-refractivity contribution < 1.29 is 15.0 Å². The number of rotatable bonds is 9. The van der Waals surface area contributed by atoms with Crippen molar-refractivity contribution in [2.24, 2.45) is 0 Å². The van der Waals surface area contributed by atoms with E-state index in [-0.39, 0.29) is 5.56 Å². The summed E-state index contributed by atoms with van der Waals surface area (Å²) in [4.78, 5) is 10.8. The van der Waals surface area contributed by atoms with E-state index in [0.717, 1.165) is 18.5 Å². The Bertz CT molecular complexity index is 412. The van der Waals surface area contributed by atoms with E-state index in [1.54, 1.807) is 19.1 Å². The third-order valence-electron chi connectivity index (χ3n) is 3.43. The lowest BCUT2D eigenvalue weighted by molar-refractivity contribution is 0.0568. The van der Waals surface area contributed by atoms with Gasteiger partial charge in [0.1, 0.15) is 0 Å². The van der Waals surface area contributed by atoms with Crippen molar-refractivity contribution in [3.63, 3.8) is 0 Å². The van der Waals surface area contributed by atoms with Crippen LogP contribution in [0.25, 0.3) is 0 Å². The lowest BCUT2D eigenvalue weighted by Crippen LogP contribution is -2.35. The fourth-order valence-electron chi connectivity index (χ4n) is 2.08. The van der Waals surface area contributed by atoms with Crippen molar-refractivity contribution >= 4 is 5.97 Å². The maximum absolute atomic E-state index is 10.8. The van der Waals surface area contributed by atoms with Crippen LogP contribution in [-0.4, -0.2) is 29.3 Å². The summed E-state index contributed by atoms with van der Waals surface area (Å²) >= 11 is 0. The van der Waals surface area contributed by atoms with Crippen molar-refractivity contribution in [1.82, 2.24) is 5.32 Å². The Morgan fingerprint density at radius 3 is 2.40 bits per heavy atom. The zero-order valence-corrected chi connectivity index (χ0v) is 12.4. The third kappa shape index (κ3) is 5.31. The van der Waals surface area contributed by atoms with Crippen LogP contribution in [0.5, 0.6) is 0 Å². The highest BCUT2D eigenvalue weighted by atomic mass is 16.4. The minimum atomic E-state index is -0.984. The first-order chi connectivity index (χ1) is 9.47. The van der Waals surface area contributed by atoms with Gasteiger partial charge < -0.3 is 15.5 Å². The summed E-state index contributed by atoms with van der Waals surface area (Å²) < 4.78 is 0. The lowest BCUT2D eigenvalue weighted by Gasteiger charge is -2.24. The lowest BCUT2D eigenvalue weighted by atomic mass is 9.95. The molecule has 4 nitrogen and oxygen atoms in total. The van der Waals surface area contributed by atoms with E-state index < -0.39 is 11.6 Å². The van der Waals surface area contributed by atoms with Gasteiger partial charge in [-0.05, 0) is 37.6 Å². The molecule has 20 heavy (non-hydrogen) atoms. The van der Waals surface area contributed by atoms with Crippen LogP contribution in [0.3, 0.4) is 0 Å². The van der Waals surface area contributed by atoms with Gasteiger partial charge in [0, 0.05) is 6.54 Å². The summed E-state index contributed by atoms with van der Waals surface area (Å²) in [5.41, 5.74) is -0.0254. The van der Waals surface area contributed by atoms with Crippen LogP contribution >= 0.6 is 0 Å². The number of aliphatic hydroxyl groups is 1. The highest BCUT2D eigenvalue weighted by molar-refractivity contribution is 5.87. The number of hydrogen-bond acceptors (Lipinski definition) is 3. The van der Waals surface area contributed by atoms with Gasteiger partial charge in [-0.2, -0.15) is 0 Å². The standard InChI is InChI=1S/C16H25NO3/c1-3-4-5-6-11-17-12-16(2,20)14-9-7-13(8-10-14)15(18)19/h7-10,17,20H,3-6,11-12H2,1-2H3,(H,18,19). The first-order valence-electron chi connectivity index (χ1n) is 7.24. The molecule has 0 bridgehead atoms. The second kappa shape index (κ2) is 8.02. The topological polar surface area (TPSA) is 69.6 Å². The SMILES string of the molecule is CCCCCCNCC(C)(O)c1ccc(C(=O)O)cc1. The van der Waals surface area contributed by atoms with Gasteiger partial charge in [0.05, 0.1) is 11.2 Å². The van der Waals surface area contributed by atoms with Crippen LogP contribution in [0.15, 0.2) is 24.3 Å². The Morgan fingerprint density at radius 2 is 1.85 bits per heavy atom. The predicted octanol–water partition coefficient (Wildman–Crippen LogP) is 2.76. The molecule has 0 saturated heterocycles. The van der Waals surface area contributed by atoms with Gasteiger partial charge >= 0.3 is 5.97 Å². The molecule has 1 rings (SSSR count). The molecule has 112 valence electrons. The van der Waals surface area contributed by atoms with Crippen LogP contribution in [0, 0.1) is 0 Å². The van der Waals surface area contributed by atoms with E-state index in [1.165, 1.54) is 31.4 Å². The number of nitrogens with one attached hydrogen (secondary N) is 1. The highest BCUT2D eigenvalue weighted by Crippen LogP contribution is 2.20. The van der Waals surface area contributed by atoms with Gasteiger partial charge in [-0.15, -0.1) is 0 Å². The fourth-order valence-corrected chi connectivity index (χ4v) is 2.08. The van der Waals surface area contributed by atoms with Gasteiger partial charge in [0.25, 0.3) is 0 Å². The second-order valence-electron chi connectivity index (χ2n) is 5.39. The molecule has 1 aromatic carbocycles. The number of benzene rings is 1. The molecule has 0 radical (unpaired) electrons. The van der Waals surface area contributed by atoms with Crippen molar-refractivity contribution in [2.45, 2.75) is 45.1 Å². The summed E-state index contributed by atoms with van der Waals surface area (Å²) in [5.74, 6) is -0.953. The molecule has 0 aromatic heterocycles. The number of carboxylic acid groups (broad SMARTS) is 1. The number of carboxylic acids is 1. The molecule has 0 saturated carbocycles. The molecule has 0 aliphatic carbocycles. The Kier molecular flexibility index (Phi) is 6.68. The van der Waals surface area contributed by atoms with Crippen LogP contribution in [0.2, 0.25) is 0 Å². The van der Waals surface area contributed by atoms with Gasteiger partial charge in [0.2, 0.25) is 0 Å². The maximum Gasteiger partial charge on any atom is 0.335 e. The zero-order valence-electron chi connectivity index (χ0n) is 12.4. The molecule has 0 aliphatic rings. The van der Waals surface area contributed by atoms with Crippen LogP contribution in [-0.2, 0) is 5.60 Å². The molecule has 0 amide bonds. The first kappa shape index (κ1) is 16.7. The molecule has 0 spiro atoms. The molecule has 1 atom stereocenters. The fraction of sp³-hybridized carbons (Fsp3) is 0.562. The molecule has 0 heterocycles. The van der Waals surface area contributed by atoms with Crippen molar-refractivity contribution in [3.05, 3.63) is 35.4 Å². The molecule has 0 aliphatic heterocycles. The van der Waals surface area contributed by atoms with Crippen LogP contribution < -0.4 is 5.32 Å². The third-order valence-corrected chi connectivity index (χ3v) is 3.43. The van der Waals surface area contributed by atoms with E-state index in [1.807, 2.05) is 0 Å². The number of hydrogen-bond donors (Lipinski definition) is 3. The monoisotopic (exact) mass is 279 g/mol. The van der Waals surface area contributed by atoms with E-state index in [2.05, 4.69) is 12.2 Å². The Hall–Kier alpha value is -1.39. The maximum atomic E-state index is 10.8. The molecular formula is C16H25NO3. The predicted molar refractivity (Wildman–Crippen MR) is 80.0 cm³/mol. The van der Waals surface area contributed by atoms with Gasteiger partial charge in [-0.3, -0.25) is 0 Å². The molecule has 1 aromatic rings. The largest absolute Gasteiger partial charge is 0.478 e. The van der Waals surface area contributed by atoms with Crippen molar-refractivity contribution in [1.29, 1.82) is 0 Å². The number of unbranched alkanes of at least 4 members (excludes halogenated alkanes) is 3. The van der Waals surface area contributed by atoms with E-state index in [0.29, 0.717) is 6.54 Å².